The van der Waals surface area contributed by atoms with Crippen molar-refractivity contribution in [2.75, 3.05) is 26.7 Å². The maximum absolute atomic E-state index is 14.6. The summed E-state index contributed by atoms with van der Waals surface area (Å²) in [6.07, 6.45) is 3.26. The Labute approximate surface area is 278 Å². The van der Waals surface area contributed by atoms with Gasteiger partial charge in [0.15, 0.2) is 0 Å². The number of hydrogen-bond acceptors (Lipinski definition) is 7. The highest BCUT2D eigenvalue weighted by atomic mass is 16.5. The summed E-state index contributed by atoms with van der Waals surface area (Å²) in [7, 11) is 1.54. The van der Waals surface area contributed by atoms with E-state index in [4.69, 9.17) is 15.2 Å². The highest BCUT2D eigenvalue weighted by molar-refractivity contribution is 6.38. The Hall–Kier alpha value is -4.71. The predicted molar refractivity (Wildman–Crippen MR) is 175 cm³/mol. The number of ether oxygens (including phenoxy) is 2. The van der Waals surface area contributed by atoms with E-state index in [1.165, 1.54) is 9.80 Å². The molecule has 0 spiro atoms. The third-order valence-corrected chi connectivity index (χ3v) is 10.7. The second-order valence-electron chi connectivity index (χ2n) is 13.5. The zero-order valence-corrected chi connectivity index (χ0v) is 27.0. The lowest BCUT2D eigenvalue weighted by Crippen LogP contribution is -2.68. The van der Waals surface area contributed by atoms with Crippen molar-refractivity contribution in [1.29, 1.82) is 0 Å². The molecule has 3 heterocycles. The molecule has 12 nitrogen and oxygen atoms in total. The van der Waals surface area contributed by atoms with Gasteiger partial charge >= 0.3 is 0 Å². The van der Waals surface area contributed by atoms with Crippen LogP contribution in [0.5, 0.6) is 5.75 Å². The molecule has 2 saturated carbocycles. The summed E-state index contributed by atoms with van der Waals surface area (Å²) in [4.78, 5) is 76.3. The molecule has 3 aromatic rings. The van der Waals surface area contributed by atoms with Crippen LogP contribution in [-0.2, 0) is 30.5 Å². The van der Waals surface area contributed by atoms with Crippen molar-refractivity contribution in [3.05, 3.63) is 65.9 Å². The second kappa shape index (κ2) is 12.7. The largest absolute Gasteiger partial charge is 0.496 e. The van der Waals surface area contributed by atoms with Crippen LogP contribution in [-0.4, -0.2) is 88.6 Å². The van der Waals surface area contributed by atoms with Crippen LogP contribution in [0.2, 0.25) is 0 Å². The van der Waals surface area contributed by atoms with Crippen molar-refractivity contribution in [1.82, 2.24) is 20.1 Å². The highest BCUT2D eigenvalue weighted by Crippen LogP contribution is 2.53. The number of carbonyl (C=O) groups excluding carboxylic acids is 5. The minimum Gasteiger partial charge on any atom is -0.496 e. The molecule has 2 aliphatic carbocycles. The van der Waals surface area contributed by atoms with Crippen molar-refractivity contribution >= 4 is 40.3 Å². The molecule has 4 N–H and O–H groups in total. The number of benzene rings is 2. The predicted octanol–water partition coefficient (Wildman–Crippen LogP) is 2.55. The van der Waals surface area contributed by atoms with Gasteiger partial charge in [0, 0.05) is 43.0 Å². The van der Waals surface area contributed by atoms with E-state index in [1.807, 2.05) is 36.4 Å². The smallest absolute Gasteiger partial charge is 0.288 e. The number of amides is 4. The molecule has 5 atom stereocenters. The summed E-state index contributed by atoms with van der Waals surface area (Å²) < 4.78 is 11.5. The summed E-state index contributed by atoms with van der Waals surface area (Å²) in [6, 6.07) is 16.5. The van der Waals surface area contributed by atoms with Gasteiger partial charge in [-0.25, -0.2) is 0 Å². The zero-order chi connectivity index (χ0) is 33.6. The van der Waals surface area contributed by atoms with Gasteiger partial charge in [-0.15, -0.1) is 0 Å². The van der Waals surface area contributed by atoms with E-state index in [0.717, 1.165) is 31.2 Å². The van der Waals surface area contributed by atoms with Gasteiger partial charge in [0.05, 0.1) is 19.6 Å². The van der Waals surface area contributed by atoms with Gasteiger partial charge in [-0.3, -0.25) is 24.0 Å². The van der Waals surface area contributed by atoms with Crippen molar-refractivity contribution in [3.8, 4) is 5.75 Å². The average Bonchev–Trinajstić information content (AvgIpc) is 3.40. The maximum Gasteiger partial charge on any atom is 0.288 e. The number of methoxy groups -OCH3 is 1. The first-order valence-corrected chi connectivity index (χ1v) is 16.8. The van der Waals surface area contributed by atoms with Crippen LogP contribution < -0.4 is 15.8 Å². The van der Waals surface area contributed by atoms with Gasteiger partial charge in [0.25, 0.3) is 17.7 Å². The fourth-order valence-electron chi connectivity index (χ4n) is 8.27. The van der Waals surface area contributed by atoms with E-state index in [9.17, 15) is 24.0 Å². The van der Waals surface area contributed by atoms with Crippen LogP contribution in [0.4, 0.5) is 0 Å². The molecule has 12 heteroatoms. The van der Waals surface area contributed by atoms with Crippen LogP contribution in [0.15, 0.2) is 54.6 Å². The van der Waals surface area contributed by atoms with E-state index >= 15 is 0 Å². The number of hydrogen-bond donors (Lipinski definition) is 3. The molecular weight excluding hydrogens is 614 g/mol. The lowest BCUT2D eigenvalue weighted by molar-refractivity contribution is -0.151. The quantitative estimate of drug-likeness (QED) is 0.253. The number of nitrogens with two attached hydrogens (primary N) is 1. The molecule has 2 saturated heterocycles. The molecule has 48 heavy (non-hydrogen) atoms. The van der Waals surface area contributed by atoms with Crippen LogP contribution in [0.25, 0.3) is 10.9 Å². The number of aromatic nitrogens is 1. The Bertz CT molecular complexity index is 1750. The summed E-state index contributed by atoms with van der Waals surface area (Å²) in [5.41, 5.74) is 6.31. The van der Waals surface area contributed by atoms with Crippen molar-refractivity contribution in [2.45, 2.75) is 62.8 Å². The minimum absolute atomic E-state index is 0.0987. The van der Waals surface area contributed by atoms with E-state index in [-0.39, 0.29) is 49.8 Å². The molecule has 2 aliphatic heterocycles. The third-order valence-electron chi connectivity index (χ3n) is 10.7. The molecular formula is C36H41N5O7. The number of H-pyrrole nitrogens is 1. The summed E-state index contributed by atoms with van der Waals surface area (Å²) in [5.74, 6) is -4.69. The number of aromatic amines is 1. The summed E-state index contributed by atoms with van der Waals surface area (Å²) >= 11 is 0. The summed E-state index contributed by atoms with van der Waals surface area (Å²) in [5, 5.41) is 3.46. The van der Waals surface area contributed by atoms with Gasteiger partial charge in [-0.1, -0.05) is 42.8 Å². The lowest BCUT2D eigenvalue weighted by atomic mass is 9.69. The zero-order valence-electron chi connectivity index (χ0n) is 27.0. The number of rotatable bonds is 12. The first kappa shape index (κ1) is 31.9. The van der Waals surface area contributed by atoms with Gasteiger partial charge in [-0.05, 0) is 61.3 Å². The molecule has 4 fully saturated rings. The van der Waals surface area contributed by atoms with Crippen LogP contribution >= 0.6 is 0 Å². The molecule has 1 aromatic heterocycles. The van der Waals surface area contributed by atoms with E-state index < -0.39 is 47.0 Å². The normalized spacial score (nSPS) is 25.7. The molecule has 4 aliphatic rings. The number of Topliss-reactive ketones (excluding diaryl/α,β-unsaturated/α-hetero) is 1. The van der Waals surface area contributed by atoms with Gasteiger partial charge in [-0.2, -0.15) is 0 Å². The van der Waals surface area contributed by atoms with E-state index in [2.05, 4.69) is 10.3 Å². The third kappa shape index (κ3) is 5.51. The number of nitrogens with zero attached hydrogens (tertiary/aromatic N) is 2. The van der Waals surface area contributed by atoms with Gasteiger partial charge in [0.2, 0.25) is 11.7 Å². The Balaban J connectivity index is 1.25. The topological polar surface area (TPSA) is 164 Å². The summed E-state index contributed by atoms with van der Waals surface area (Å²) in [6.45, 7) is 0.468. The minimum atomic E-state index is -1.83. The SMILES string of the molecule is COc1cccc2[nH]c(C(=O)N3CC4CCCC4C3(C(N)=O)[C@H](CN3CC[C@H](OCc4ccccc4)C3=O)C(=O)C(=O)NC3CC3)cc12. The van der Waals surface area contributed by atoms with Crippen LogP contribution in [0.1, 0.15) is 54.6 Å². The average molecular weight is 656 g/mol. The first-order chi connectivity index (χ1) is 23.2. The van der Waals surface area contributed by atoms with Gasteiger partial charge in [0.1, 0.15) is 23.1 Å². The van der Waals surface area contributed by atoms with Crippen molar-refractivity contribution < 1.29 is 33.4 Å². The lowest BCUT2D eigenvalue weighted by Gasteiger charge is -2.45. The molecule has 0 bridgehead atoms. The Morgan fingerprint density at radius 2 is 1.83 bits per heavy atom. The van der Waals surface area contributed by atoms with Crippen molar-refractivity contribution in [2.24, 2.45) is 23.5 Å². The van der Waals surface area contributed by atoms with Crippen LogP contribution in [0, 0.1) is 17.8 Å². The molecule has 7 rings (SSSR count). The molecule has 3 unspecified atom stereocenters. The number of likely N-dealkylation sites (tertiary alicyclic amines) is 2. The van der Waals surface area contributed by atoms with Crippen LogP contribution in [0.3, 0.4) is 0 Å². The van der Waals surface area contributed by atoms with E-state index in [1.54, 1.807) is 25.3 Å². The molecule has 2 aromatic carbocycles. The first-order valence-electron chi connectivity index (χ1n) is 16.8. The number of fused-ring (bicyclic) bond motifs is 2. The van der Waals surface area contributed by atoms with Crippen molar-refractivity contribution in [3.63, 3.8) is 0 Å². The highest BCUT2D eigenvalue weighted by Gasteiger charge is 2.66. The number of carbonyl (C=O) groups is 5. The molecule has 4 amide bonds. The Kier molecular flexibility index (Phi) is 8.44. The Morgan fingerprint density at radius 1 is 1.04 bits per heavy atom. The fourth-order valence-corrected chi connectivity index (χ4v) is 8.27. The van der Waals surface area contributed by atoms with E-state index in [0.29, 0.717) is 29.5 Å². The van der Waals surface area contributed by atoms with Gasteiger partial charge < -0.3 is 35.3 Å². The second-order valence-corrected chi connectivity index (χ2v) is 13.5. The maximum atomic E-state index is 14.6. The Morgan fingerprint density at radius 3 is 2.56 bits per heavy atom. The molecule has 0 radical (unpaired) electrons. The standard InChI is InChI=1S/C36H41N5O7/c1-47-29-12-6-11-27-24(29)17-28(39-27)33(44)41-18-22-9-5-10-25(22)36(41,35(37)46)26(31(42)32(43)38-23-13-14-23)19-40-16-15-30(34(40)45)48-20-21-7-3-2-4-8-21/h2-4,6-8,11-12,17,22-23,25-26,30,39H,5,9-10,13-16,18-20H2,1H3,(H2,37,46)(H,38,43)/t22?,25?,26-,30+,36?/m1/s1. The number of nitrogens with one attached hydrogen (secondary N) is 2. The molecule has 252 valence electrons. The monoisotopic (exact) mass is 655 g/mol. The fraction of sp³-hybridized carbons (Fsp3) is 0.472. The number of ketones is 1. The number of primary amides is 1.